The van der Waals surface area contributed by atoms with Gasteiger partial charge in [0, 0.05) is 86.5 Å². The summed E-state index contributed by atoms with van der Waals surface area (Å²) in [4.78, 5) is 34.5. The van der Waals surface area contributed by atoms with E-state index in [1.165, 1.54) is 54.7 Å². The predicted octanol–water partition coefficient (Wildman–Crippen LogP) is 9.72. The fraction of sp³-hybridized carbons (Fsp3) is 0.478. The molecule has 360 valence electrons. The molecule has 0 bridgehead atoms. The number of benzene rings is 2. The molecule has 4 aromatic rings. The molecule has 4 heterocycles. The molecule has 2 aromatic heterocycles. The van der Waals surface area contributed by atoms with Gasteiger partial charge in [0.05, 0.1) is 21.2 Å². The van der Waals surface area contributed by atoms with E-state index in [1.54, 1.807) is 59.9 Å². The normalized spacial score (nSPS) is 16.9. The lowest BCUT2D eigenvalue weighted by Crippen LogP contribution is -2.53. The number of ether oxygens (including phenoxy) is 4. The summed E-state index contributed by atoms with van der Waals surface area (Å²) in [6, 6.07) is 18.6. The summed E-state index contributed by atoms with van der Waals surface area (Å²) in [5, 5.41) is 0. The zero-order valence-electron chi connectivity index (χ0n) is 37.2. The van der Waals surface area contributed by atoms with Crippen LogP contribution in [0.2, 0.25) is 0 Å². The minimum Gasteiger partial charge on any atom is -0.459 e. The minimum atomic E-state index is -5.62. The molecule has 66 heavy (non-hydrogen) atoms. The Hall–Kier alpha value is -4.37. The Morgan fingerprint density at radius 3 is 1.30 bits per heavy atom. The lowest BCUT2D eigenvalue weighted by atomic mass is 9.99. The molecule has 20 heteroatoms. The summed E-state index contributed by atoms with van der Waals surface area (Å²) in [6.07, 6.45) is -4.62. The Morgan fingerprint density at radius 1 is 0.606 bits per heavy atom. The van der Waals surface area contributed by atoms with Crippen molar-refractivity contribution in [1.82, 2.24) is 9.97 Å². The molecule has 2 aromatic carbocycles. The molecule has 6 rings (SSSR count). The number of sulfone groups is 2. The third-order valence-corrected chi connectivity index (χ3v) is 16.2. The molecule has 2 aliphatic heterocycles. The molecule has 0 amide bonds. The quantitative estimate of drug-likeness (QED) is 0.103. The van der Waals surface area contributed by atoms with Gasteiger partial charge < -0.3 is 18.9 Å². The molecule has 0 N–H and O–H groups in total. The van der Waals surface area contributed by atoms with Crippen LogP contribution in [0, 0.1) is 0 Å². The lowest BCUT2D eigenvalue weighted by molar-refractivity contribution is -0.284. The second kappa shape index (κ2) is 20.1. The standard InChI is InChI=1S/C25H28F5NO5S.C21H24BrNO5S/c1-22(2,3)36-21(32)23(12-14-35-15-13-23)37(33,34)19-7-5-18(6-8-19)20-9-4-17(16-31-20)10-11-24(26,27)25(28,29)30;1-20(2,3)28-19(24)21(10-12-27-13-11-21)29(25,26)17-7-4-15(5-8-17)18-9-6-16(22)14-23-18/h4-9,16H,10-15H2,1-3H3;4-9,14H,10-13H2,1-3H3. The molecule has 0 unspecified atom stereocenters. The molecule has 2 fully saturated rings. The molecule has 0 atom stereocenters. The number of carbonyl (C=O) groups is 2. The summed E-state index contributed by atoms with van der Waals surface area (Å²) < 4.78 is 137. The maximum absolute atomic E-state index is 13.6. The maximum atomic E-state index is 13.6. The van der Waals surface area contributed by atoms with Gasteiger partial charge in [0.25, 0.3) is 0 Å². The van der Waals surface area contributed by atoms with Crippen molar-refractivity contribution in [2.75, 3.05) is 26.4 Å². The summed E-state index contributed by atoms with van der Waals surface area (Å²) in [6.45, 7) is 10.7. The van der Waals surface area contributed by atoms with Crippen molar-refractivity contribution in [2.45, 2.75) is 123 Å². The first-order valence-electron chi connectivity index (χ1n) is 20.9. The van der Waals surface area contributed by atoms with Crippen LogP contribution < -0.4 is 0 Å². The third kappa shape index (κ3) is 12.0. The zero-order valence-corrected chi connectivity index (χ0v) is 40.4. The molecular weight excluding hydrogens is 980 g/mol. The lowest BCUT2D eigenvalue weighted by Gasteiger charge is -2.36. The topological polar surface area (TPSA) is 165 Å². The van der Waals surface area contributed by atoms with Gasteiger partial charge >= 0.3 is 24.0 Å². The van der Waals surface area contributed by atoms with Gasteiger partial charge in [-0.25, -0.2) is 16.8 Å². The zero-order chi connectivity index (χ0) is 49.0. The Labute approximate surface area is 390 Å². The third-order valence-electron chi connectivity index (χ3n) is 10.8. The second-order valence-electron chi connectivity index (χ2n) is 17.9. The molecule has 0 aliphatic carbocycles. The molecule has 2 saturated heterocycles. The first-order valence-corrected chi connectivity index (χ1v) is 24.6. The maximum Gasteiger partial charge on any atom is 0.453 e. The number of aromatic nitrogens is 2. The number of rotatable bonds is 11. The van der Waals surface area contributed by atoms with Crippen LogP contribution in [0.15, 0.2) is 99.5 Å². The van der Waals surface area contributed by atoms with Crippen LogP contribution >= 0.6 is 15.9 Å². The van der Waals surface area contributed by atoms with E-state index in [0.717, 1.165) is 15.7 Å². The summed E-state index contributed by atoms with van der Waals surface area (Å²) in [7, 11) is -8.16. The van der Waals surface area contributed by atoms with E-state index in [2.05, 4.69) is 25.9 Å². The van der Waals surface area contributed by atoms with Gasteiger partial charge in [-0.3, -0.25) is 19.6 Å². The Morgan fingerprint density at radius 2 is 0.985 bits per heavy atom. The van der Waals surface area contributed by atoms with Crippen LogP contribution in [0.3, 0.4) is 0 Å². The Balaban J connectivity index is 0.000000255. The van der Waals surface area contributed by atoms with E-state index in [9.17, 15) is 48.4 Å². The van der Waals surface area contributed by atoms with Crippen molar-refractivity contribution in [3.05, 3.63) is 95.2 Å². The number of nitrogens with zero attached hydrogens (tertiary/aromatic N) is 2. The van der Waals surface area contributed by atoms with Gasteiger partial charge in [0.1, 0.15) is 11.2 Å². The van der Waals surface area contributed by atoms with Crippen LogP contribution in [-0.4, -0.2) is 98.0 Å². The van der Waals surface area contributed by atoms with Crippen LogP contribution in [0.25, 0.3) is 22.5 Å². The number of halogens is 6. The highest BCUT2D eigenvalue weighted by Crippen LogP contribution is 2.41. The molecule has 0 spiro atoms. The highest BCUT2D eigenvalue weighted by Gasteiger charge is 2.57. The number of hydrogen-bond donors (Lipinski definition) is 0. The Kier molecular flexibility index (Phi) is 16.0. The highest BCUT2D eigenvalue weighted by molar-refractivity contribution is 9.10. The number of esters is 2. The molecule has 12 nitrogen and oxygen atoms in total. The van der Waals surface area contributed by atoms with Crippen LogP contribution in [0.1, 0.15) is 79.2 Å². The summed E-state index contributed by atoms with van der Waals surface area (Å²) >= 11 is 3.34. The van der Waals surface area contributed by atoms with E-state index in [0.29, 0.717) is 11.3 Å². The van der Waals surface area contributed by atoms with Crippen LogP contribution in [0.5, 0.6) is 0 Å². The van der Waals surface area contributed by atoms with Crippen molar-refractivity contribution in [3.63, 3.8) is 0 Å². The monoisotopic (exact) mass is 1030 g/mol. The SMILES string of the molecule is CC(C)(C)OC(=O)C1(S(=O)(=O)c2ccc(-c3ccc(Br)cn3)cc2)CCOCC1.CC(C)(C)OC(=O)C1(S(=O)(=O)c2ccc(-c3ccc(CCC(F)(F)C(F)(F)F)cn3)cc2)CCOCC1. The van der Waals surface area contributed by atoms with Gasteiger partial charge in [-0.15, -0.1) is 0 Å². The first kappa shape index (κ1) is 52.6. The van der Waals surface area contributed by atoms with Gasteiger partial charge in [0.15, 0.2) is 29.2 Å². The fourth-order valence-electron chi connectivity index (χ4n) is 7.10. The second-order valence-corrected chi connectivity index (χ2v) is 23.3. The van der Waals surface area contributed by atoms with E-state index < -0.39 is 77.2 Å². The highest BCUT2D eigenvalue weighted by atomic mass is 79.9. The predicted molar refractivity (Wildman–Crippen MR) is 238 cm³/mol. The number of pyridine rings is 2. The van der Waals surface area contributed by atoms with E-state index in [-0.39, 0.29) is 67.5 Å². The van der Waals surface area contributed by atoms with Crippen molar-refractivity contribution in [2.24, 2.45) is 0 Å². The largest absolute Gasteiger partial charge is 0.459 e. The van der Waals surface area contributed by atoms with Gasteiger partial charge in [0.2, 0.25) is 0 Å². The molecule has 0 saturated carbocycles. The van der Waals surface area contributed by atoms with Crippen molar-refractivity contribution >= 4 is 47.5 Å². The smallest absolute Gasteiger partial charge is 0.453 e. The molecular formula is C46H52BrF5N2O10S2. The summed E-state index contributed by atoms with van der Waals surface area (Å²) in [5.74, 6) is -6.35. The fourth-order valence-corrected chi connectivity index (χ4v) is 11.2. The number of aryl methyl sites for hydroxylation is 1. The van der Waals surface area contributed by atoms with Crippen LogP contribution in [0.4, 0.5) is 22.0 Å². The van der Waals surface area contributed by atoms with Crippen molar-refractivity contribution in [1.29, 1.82) is 0 Å². The summed E-state index contributed by atoms with van der Waals surface area (Å²) in [5.41, 5.74) is 0.898. The van der Waals surface area contributed by atoms with Gasteiger partial charge in [-0.2, -0.15) is 22.0 Å². The van der Waals surface area contributed by atoms with E-state index in [1.807, 2.05) is 12.1 Å². The number of alkyl halides is 5. The average Bonchev–Trinajstić information content (AvgIpc) is 3.25. The molecule has 0 radical (unpaired) electrons. The Bertz CT molecular complexity index is 2530. The average molecular weight is 1030 g/mol. The van der Waals surface area contributed by atoms with Gasteiger partial charge in [-0.05, 0) is 112 Å². The number of carbonyl (C=O) groups excluding carboxylic acids is 2. The van der Waals surface area contributed by atoms with E-state index >= 15 is 0 Å². The number of hydrogen-bond acceptors (Lipinski definition) is 12. The van der Waals surface area contributed by atoms with Crippen LogP contribution in [-0.2, 0) is 54.6 Å². The minimum absolute atomic E-state index is 0.0532. The van der Waals surface area contributed by atoms with Crippen molar-refractivity contribution < 1.29 is 67.3 Å². The van der Waals surface area contributed by atoms with Gasteiger partial charge in [-0.1, -0.05) is 30.3 Å². The molecule has 2 aliphatic rings. The first-order chi connectivity index (χ1) is 30.5. The van der Waals surface area contributed by atoms with E-state index in [4.69, 9.17) is 18.9 Å². The van der Waals surface area contributed by atoms with Crippen molar-refractivity contribution in [3.8, 4) is 22.5 Å².